The Morgan fingerprint density at radius 2 is 1.81 bits per heavy atom. The van der Waals surface area contributed by atoms with Gasteiger partial charge in [0.25, 0.3) is 5.91 Å². The standard InChI is InChI=1S/C14H8BrFINO3/c15-7-1-3-10(14(20)21)12(5-7)18-13(19)9-4-2-8(16)6-11(9)17/h1-6H,(H,18,19)(H,20,21). The van der Waals surface area contributed by atoms with E-state index in [4.69, 9.17) is 5.11 Å². The molecule has 0 atom stereocenters. The lowest BCUT2D eigenvalue weighted by Gasteiger charge is -2.10. The lowest BCUT2D eigenvalue weighted by atomic mass is 10.1. The largest absolute Gasteiger partial charge is 0.478 e. The van der Waals surface area contributed by atoms with Crippen LogP contribution in [-0.2, 0) is 0 Å². The summed E-state index contributed by atoms with van der Waals surface area (Å²) < 4.78 is 14.1. The van der Waals surface area contributed by atoms with Crippen molar-refractivity contribution in [2.45, 2.75) is 0 Å². The predicted molar refractivity (Wildman–Crippen MR) is 88.2 cm³/mol. The summed E-state index contributed by atoms with van der Waals surface area (Å²) in [7, 11) is 0. The van der Waals surface area contributed by atoms with Crippen LogP contribution in [-0.4, -0.2) is 17.0 Å². The molecule has 2 rings (SSSR count). The van der Waals surface area contributed by atoms with Crippen molar-refractivity contribution in [1.82, 2.24) is 0 Å². The minimum absolute atomic E-state index is 0.0244. The van der Waals surface area contributed by atoms with Gasteiger partial charge in [-0.05, 0) is 59.0 Å². The number of hydrogen-bond donors (Lipinski definition) is 2. The van der Waals surface area contributed by atoms with Crippen LogP contribution in [0.25, 0.3) is 0 Å². The fraction of sp³-hybridized carbons (Fsp3) is 0. The van der Waals surface area contributed by atoms with Gasteiger partial charge in [-0.15, -0.1) is 0 Å². The van der Waals surface area contributed by atoms with Crippen molar-refractivity contribution in [2.24, 2.45) is 0 Å². The highest BCUT2D eigenvalue weighted by Gasteiger charge is 2.16. The van der Waals surface area contributed by atoms with E-state index in [1.54, 1.807) is 6.07 Å². The number of carbonyl (C=O) groups is 2. The molecule has 0 radical (unpaired) electrons. The van der Waals surface area contributed by atoms with Crippen LogP contribution in [0.15, 0.2) is 40.9 Å². The predicted octanol–water partition coefficient (Wildman–Crippen LogP) is 4.14. The molecule has 4 nitrogen and oxygen atoms in total. The van der Waals surface area contributed by atoms with E-state index in [9.17, 15) is 14.0 Å². The van der Waals surface area contributed by atoms with E-state index in [1.165, 1.54) is 30.3 Å². The maximum Gasteiger partial charge on any atom is 0.337 e. The maximum absolute atomic E-state index is 13.0. The van der Waals surface area contributed by atoms with Crippen LogP contribution in [0.5, 0.6) is 0 Å². The fourth-order valence-corrected chi connectivity index (χ4v) is 2.75. The number of carboxylic acid groups (broad SMARTS) is 1. The molecule has 0 aliphatic carbocycles. The van der Waals surface area contributed by atoms with Gasteiger partial charge < -0.3 is 10.4 Å². The van der Waals surface area contributed by atoms with E-state index >= 15 is 0 Å². The number of aromatic carboxylic acids is 1. The van der Waals surface area contributed by atoms with Gasteiger partial charge in [-0.1, -0.05) is 15.9 Å². The summed E-state index contributed by atoms with van der Waals surface area (Å²) in [5.41, 5.74) is 0.416. The number of carboxylic acids is 1. The highest BCUT2D eigenvalue weighted by molar-refractivity contribution is 14.1. The molecule has 0 fully saturated rings. The van der Waals surface area contributed by atoms with Gasteiger partial charge in [0, 0.05) is 8.04 Å². The molecule has 0 saturated heterocycles. The first-order chi connectivity index (χ1) is 9.88. The summed E-state index contributed by atoms with van der Waals surface area (Å²) >= 11 is 5.07. The Hall–Kier alpha value is -1.48. The summed E-state index contributed by atoms with van der Waals surface area (Å²) in [6.45, 7) is 0. The molecular formula is C14H8BrFINO3. The average Bonchev–Trinajstić information content (AvgIpc) is 2.37. The van der Waals surface area contributed by atoms with Crippen molar-refractivity contribution in [3.8, 4) is 0 Å². The zero-order chi connectivity index (χ0) is 15.6. The first kappa shape index (κ1) is 15.9. The smallest absolute Gasteiger partial charge is 0.337 e. The van der Waals surface area contributed by atoms with Gasteiger partial charge in [0.1, 0.15) is 5.82 Å². The molecule has 0 spiro atoms. The average molecular weight is 464 g/mol. The van der Waals surface area contributed by atoms with Crippen LogP contribution in [0.4, 0.5) is 10.1 Å². The SMILES string of the molecule is O=C(Nc1cc(Br)ccc1C(=O)O)c1ccc(F)cc1I. The summed E-state index contributed by atoms with van der Waals surface area (Å²) in [5.74, 6) is -2.09. The Labute approximate surface area is 141 Å². The van der Waals surface area contributed by atoms with Crippen LogP contribution in [0.1, 0.15) is 20.7 Å². The monoisotopic (exact) mass is 463 g/mol. The highest BCUT2D eigenvalue weighted by atomic mass is 127. The van der Waals surface area contributed by atoms with Crippen LogP contribution < -0.4 is 5.32 Å². The van der Waals surface area contributed by atoms with Gasteiger partial charge in [0.05, 0.1) is 16.8 Å². The number of rotatable bonds is 3. The molecule has 0 heterocycles. The van der Waals surface area contributed by atoms with Gasteiger partial charge >= 0.3 is 5.97 Å². The Kier molecular flexibility index (Phi) is 4.94. The van der Waals surface area contributed by atoms with Crippen LogP contribution in [0.3, 0.4) is 0 Å². The molecule has 0 aromatic heterocycles. The third kappa shape index (κ3) is 3.79. The van der Waals surface area contributed by atoms with E-state index in [1.807, 2.05) is 22.6 Å². The number of benzene rings is 2. The summed E-state index contributed by atoms with van der Waals surface area (Å²) in [6.07, 6.45) is 0. The van der Waals surface area contributed by atoms with E-state index < -0.39 is 17.7 Å². The van der Waals surface area contributed by atoms with Crippen molar-refractivity contribution in [2.75, 3.05) is 5.32 Å². The lowest BCUT2D eigenvalue weighted by molar-refractivity contribution is 0.0698. The zero-order valence-electron chi connectivity index (χ0n) is 10.4. The summed E-state index contributed by atoms with van der Waals surface area (Å²) in [4.78, 5) is 23.3. The summed E-state index contributed by atoms with van der Waals surface area (Å²) in [6, 6.07) is 8.21. The molecular weight excluding hydrogens is 456 g/mol. The topological polar surface area (TPSA) is 66.4 Å². The molecule has 0 unspecified atom stereocenters. The van der Waals surface area contributed by atoms with E-state index in [-0.39, 0.29) is 16.8 Å². The van der Waals surface area contributed by atoms with Crippen LogP contribution in [0.2, 0.25) is 0 Å². The third-order valence-electron chi connectivity index (χ3n) is 2.64. The second-order valence-electron chi connectivity index (χ2n) is 4.07. The van der Waals surface area contributed by atoms with Crippen molar-refractivity contribution in [1.29, 1.82) is 0 Å². The molecule has 0 aliphatic rings. The molecule has 2 N–H and O–H groups in total. The number of nitrogens with one attached hydrogen (secondary N) is 1. The zero-order valence-corrected chi connectivity index (χ0v) is 14.1. The molecule has 0 bridgehead atoms. The highest BCUT2D eigenvalue weighted by Crippen LogP contribution is 2.23. The second-order valence-corrected chi connectivity index (χ2v) is 6.15. The van der Waals surface area contributed by atoms with Crippen molar-refractivity contribution in [3.05, 3.63) is 61.4 Å². The lowest BCUT2D eigenvalue weighted by Crippen LogP contribution is -2.16. The molecule has 21 heavy (non-hydrogen) atoms. The van der Waals surface area contributed by atoms with Gasteiger partial charge in [-0.3, -0.25) is 4.79 Å². The van der Waals surface area contributed by atoms with Gasteiger partial charge in [0.2, 0.25) is 0 Å². The van der Waals surface area contributed by atoms with E-state index in [2.05, 4.69) is 21.2 Å². The Morgan fingerprint density at radius 3 is 2.43 bits per heavy atom. The van der Waals surface area contributed by atoms with Gasteiger partial charge in [-0.2, -0.15) is 0 Å². The first-order valence-corrected chi connectivity index (χ1v) is 7.55. The second kappa shape index (κ2) is 6.52. The normalized spacial score (nSPS) is 10.2. The Balaban J connectivity index is 2.35. The number of hydrogen-bond acceptors (Lipinski definition) is 2. The minimum atomic E-state index is -1.15. The molecule has 2 aromatic rings. The Bertz CT molecular complexity index is 736. The number of carbonyl (C=O) groups excluding carboxylic acids is 1. The number of anilines is 1. The minimum Gasteiger partial charge on any atom is -0.478 e. The molecule has 0 saturated carbocycles. The fourth-order valence-electron chi connectivity index (χ4n) is 1.67. The number of halogens is 3. The van der Waals surface area contributed by atoms with Crippen molar-refractivity contribution in [3.63, 3.8) is 0 Å². The summed E-state index contributed by atoms with van der Waals surface area (Å²) in [5, 5.41) is 11.6. The molecule has 0 aliphatic heterocycles. The molecule has 1 amide bonds. The maximum atomic E-state index is 13.0. The third-order valence-corrected chi connectivity index (χ3v) is 4.02. The van der Waals surface area contributed by atoms with E-state index in [0.717, 1.165) is 0 Å². The van der Waals surface area contributed by atoms with Gasteiger partial charge in [-0.25, -0.2) is 9.18 Å². The van der Waals surface area contributed by atoms with Crippen molar-refractivity contribution < 1.29 is 19.1 Å². The van der Waals surface area contributed by atoms with Crippen LogP contribution in [0, 0.1) is 9.39 Å². The van der Waals surface area contributed by atoms with Crippen molar-refractivity contribution >= 4 is 56.1 Å². The first-order valence-electron chi connectivity index (χ1n) is 5.67. The van der Waals surface area contributed by atoms with E-state index in [0.29, 0.717) is 8.04 Å². The molecule has 2 aromatic carbocycles. The van der Waals surface area contributed by atoms with Gasteiger partial charge in [0.15, 0.2) is 0 Å². The quantitative estimate of drug-likeness (QED) is 0.672. The Morgan fingerprint density at radius 1 is 1.14 bits per heavy atom. The number of amides is 1. The molecule has 108 valence electrons. The van der Waals surface area contributed by atoms with Crippen LogP contribution >= 0.6 is 38.5 Å². The molecule has 7 heteroatoms.